The first-order valence-electron chi connectivity index (χ1n) is 4.99. The van der Waals surface area contributed by atoms with E-state index in [1.54, 1.807) is 6.92 Å². The third-order valence-electron chi connectivity index (χ3n) is 2.37. The van der Waals surface area contributed by atoms with Crippen molar-refractivity contribution in [2.75, 3.05) is 13.2 Å². The molecule has 0 aromatic heterocycles. The van der Waals surface area contributed by atoms with Crippen molar-refractivity contribution < 1.29 is 19.1 Å². The van der Waals surface area contributed by atoms with E-state index >= 15 is 0 Å². The number of hydrogen-bond donors (Lipinski definition) is 0. The molecule has 2 unspecified atom stereocenters. The Morgan fingerprint density at radius 1 is 1.64 bits per heavy atom. The van der Waals surface area contributed by atoms with Crippen molar-refractivity contribution in [3.63, 3.8) is 0 Å². The van der Waals surface area contributed by atoms with Gasteiger partial charge in [-0.15, -0.1) is 0 Å². The molecule has 1 fully saturated rings. The zero-order valence-corrected chi connectivity index (χ0v) is 8.40. The molecule has 4 nitrogen and oxygen atoms in total. The lowest BCUT2D eigenvalue weighted by Crippen LogP contribution is -2.34. The van der Waals surface area contributed by atoms with Crippen molar-refractivity contribution in [2.45, 2.75) is 32.3 Å². The molecule has 0 N–H and O–H groups in total. The van der Waals surface area contributed by atoms with E-state index in [1.165, 1.54) is 0 Å². The fraction of sp³-hybridized carbons (Fsp3) is 0.800. The van der Waals surface area contributed by atoms with Gasteiger partial charge < -0.3 is 14.3 Å². The van der Waals surface area contributed by atoms with Crippen LogP contribution in [0.4, 0.5) is 0 Å². The van der Waals surface area contributed by atoms with Crippen molar-refractivity contribution in [3.8, 4) is 0 Å². The van der Waals surface area contributed by atoms with Gasteiger partial charge in [-0.05, 0) is 25.7 Å². The van der Waals surface area contributed by atoms with Crippen molar-refractivity contribution in [1.82, 2.24) is 0 Å². The minimum Gasteiger partial charge on any atom is -0.464 e. The van der Waals surface area contributed by atoms with Crippen LogP contribution in [0.25, 0.3) is 0 Å². The van der Waals surface area contributed by atoms with Gasteiger partial charge in [-0.2, -0.15) is 0 Å². The van der Waals surface area contributed by atoms with Gasteiger partial charge in [-0.25, -0.2) is 4.79 Å². The average molecular weight is 200 g/mol. The first-order valence-corrected chi connectivity index (χ1v) is 4.99. The minimum absolute atomic E-state index is 0.274. The van der Waals surface area contributed by atoms with Crippen LogP contribution in [-0.4, -0.2) is 31.6 Å². The summed E-state index contributed by atoms with van der Waals surface area (Å²) in [5.41, 5.74) is 0. The van der Waals surface area contributed by atoms with Gasteiger partial charge in [0, 0.05) is 13.0 Å². The molecule has 1 aliphatic heterocycles. The van der Waals surface area contributed by atoms with Crippen LogP contribution in [0.5, 0.6) is 0 Å². The molecule has 1 saturated heterocycles. The maximum atomic E-state index is 11.3. The van der Waals surface area contributed by atoms with Gasteiger partial charge in [0.1, 0.15) is 6.29 Å². The molecule has 1 aliphatic rings. The molecule has 0 aliphatic carbocycles. The van der Waals surface area contributed by atoms with E-state index in [-0.39, 0.29) is 11.9 Å². The predicted molar refractivity (Wildman–Crippen MR) is 49.8 cm³/mol. The van der Waals surface area contributed by atoms with E-state index in [0.29, 0.717) is 26.1 Å². The smallest absolute Gasteiger partial charge is 0.335 e. The van der Waals surface area contributed by atoms with Gasteiger partial charge in [0.2, 0.25) is 0 Å². The standard InChI is InChI=1S/C10H16O4/c1-2-13-10(12)9-7-8(3-5-11)4-6-14-9/h5,8-9H,2-4,6-7H2,1H3. The molecule has 4 heteroatoms. The van der Waals surface area contributed by atoms with Crippen LogP contribution in [0.1, 0.15) is 26.2 Å². The number of aldehydes is 1. The van der Waals surface area contributed by atoms with Crippen LogP contribution < -0.4 is 0 Å². The zero-order chi connectivity index (χ0) is 10.4. The van der Waals surface area contributed by atoms with Gasteiger partial charge in [-0.1, -0.05) is 0 Å². The fourth-order valence-electron chi connectivity index (χ4n) is 1.62. The molecular formula is C10H16O4. The largest absolute Gasteiger partial charge is 0.464 e. The van der Waals surface area contributed by atoms with Crippen molar-refractivity contribution in [2.24, 2.45) is 5.92 Å². The second-order valence-corrected chi connectivity index (χ2v) is 3.40. The first kappa shape index (κ1) is 11.2. The Hall–Kier alpha value is -0.900. The van der Waals surface area contributed by atoms with Crippen LogP contribution in [0.15, 0.2) is 0 Å². The third kappa shape index (κ3) is 3.10. The lowest BCUT2D eigenvalue weighted by molar-refractivity contribution is -0.161. The normalized spacial score (nSPS) is 26.9. The number of rotatable bonds is 4. The maximum absolute atomic E-state index is 11.3. The Kier molecular flexibility index (Phi) is 4.59. The average Bonchev–Trinajstić information content (AvgIpc) is 2.19. The van der Waals surface area contributed by atoms with Gasteiger partial charge in [0.05, 0.1) is 6.61 Å². The highest BCUT2D eigenvalue weighted by Crippen LogP contribution is 2.22. The minimum atomic E-state index is -0.464. The molecule has 0 saturated carbocycles. The lowest BCUT2D eigenvalue weighted by Gasteiger charge is -2.26. The maximum Gasteiger partial charge on any atom is 0.335 e. The summed E-state index contributed by atoms with van der Waals surface area (Å²) in [7, 11) is 0. The summed E-state index contributed by atoms with van der Waals surface area (Å²) < 4.78 is 10.1. The van der Waals surface area contributed by atoms with E-state index in [9.17, 15) is 9.59 Å². The summed E-state index contributed by atoms with van der Waals surface area (Å²) >= 11 is 0. The number of ether oxygens (including phenoxy) is 2. The topological polar surface area (TPSA) is 52.6 Å². The molecule has 80 valence electrons. The second kappa shape index (κ2) is 5.75. The van der Waals surface area contributed by atoms with Crippen molar-refractivity contribution >= 4 is 12.3 Å². The van der Waals surface area contributed by atoms with Gasteiger partial charge in [0.15, 0.2) is 6.10 Å². The lowest BCUT2D eigenvalue weighted by atomic mass is 9.93. The van der Waals surface area contributed by atoms with Gasteiger partial charge in [-0.3, -0.25) is 0 Å². The summed E-state index contributed by atoms with van der Waals surface area (Å²) in [6.07, 6.45) is 2.41. The molecule has 14 heavy (non-hydrogen) atoms. The van der Waals surface area contributed by atoms with Crippen LogP contribution in [0.3, 0.4) is 0 Å². The van der Waals surface area contributed by atoms with E-state index in [1.807, 2.05) is 0 Å². The first-order chi connectivity index (χ1) is 6.77. The molecule has 0 spiro atoms. The Labute approximate surface area is 83.6 Å². The SMILES string of the molecule is CCOC(=O)C1CC(CC=O)CCO1. The predicted octanol–water partition coefficient (Wildman–Crippen LogP) is 0.934. The van der Waals surface area contributed by atoms with Crippen LogP contribution in [0, 0.1) is 5.92 Å². The van der Waals surface area contributed by atoms with Gasteiger partial charge in [0.25, 0.3) is 0 Å². The summed E-state index contributed by atoms with van der Waals surface area (Å²) in [4.78, 5) is 21.6. The molecule has 2 atom stereocenters. The summed E-state index contributed by atoms with van der Waals surface area (Å²) in [6.45, 7) is 2.68. The summed E-state index contributed by atoms with van der Waals surface area (Å²) in [5.74, 6) is -0.0289. The Morgan fingerprint density at radius 3 is 3.07 bits per heavy atom. The Balaban J connectivity index is 2.38. The molecule has 0 amide bonds. The number of hydrogen-bond acceptors (Lipinski definition) is 4. The highest BCUT2D eigenvalue weighted by atomic mass is 16.6. The highest BCUT2D eigenvalue weighted by molar-refractivity contribution is 5.74. The molecule has 0 bridgehead atoms. The molecule has 0 radical (unpaired) electrons. The van der Waals surface area contributed by atoms with Crippen molar-refractivity contribution in [1.29, 1.82) is 0 Å². The monoisotopic (exact) mass is 200 g/mol. The molecular weight excluding hydrogens is 184 g/mol. The second-order valence-electron chi connectivity index (χ2n) is 3.40. The van der Waals surface area contributed by atoms with Crippen LogP contribution in [-0.2, 0) is 19.1 Å². The third-order valence-corrected chi connectivity index (χ3v) is 2.37. The Morgan fingerprint density at radius 2 is 2.43 bits per heavy atom. The number of esters is 1. The summed E-state index contributed by atoms with van der Waals surface area (Å²) in [6, 6.07) is 0. The Bertz CT molecular complexity index is 202. The molecule has 1 heterocycles. The van der Waals surface area contributed by atoms with Crippen LogP contribution >= 0.6 is 0 Å². The van der Waals surface area contributed by atoms with Gasteiger partial charge >= 0.3 is 5.97 Å². The highest BCUT2D eigenvalue weighted by Gasteiger charge is 2.28. The van der Waals surface area contributed by atoms with Crippen molar-refractivity contribution in [3.05, 3.63) is 0 Å². The quantitative estimate of drug-likeness (QED) is 0.500. The number of carbonyl (C=O) groups excluding carboxylic acids is 2. The summed E-state index contributed by atoms with van der Waals surface area (Å²) in [5, 5.41) is 0. The van der Waals surface area contributed by atoms with E-state index < -0.39 is 6.10 Å². The number of carbonyl (C=O) groups is 2. The van der Waals surface area contributed by atoms with Crippen LogP contribution in [0.2, 0.25) is 0 Å². The zero-order valence-electron chi connectivity index (χ0n) is 8.40. The fourth-order valence-corrected chi connectivity index (χ4v) is 1.62. The molecule has 1 rings (SSSR count). The van der Waals surface area contributed by atoms with E-state index in [2.05, 4.69) is 0 Å². The van der Waals surface area contributed by atoms with E-state index in [0.717, 1.165) is 12.7 Å². The molecule has 0 aromatic carbocycles. The molecule has 0 aromatic rings. The van der Waals surface area contributed by atoms with E-state index in [4.69, 9.17) is 9.47 Å².